The normalized spacial score (nSPS) is 21.1. The Balaban J connectivity index is 2.66. The van der Waals surface area contributed by atoms with Crippen molar-refractivity contribution in [3.8, 4) is 0 Å². The van der Waals surface area contributed by atoms with Crippen molar-refractivity contribution < 1.29 is 19.4 Å². The molecule has 9 nitrogen and oxygen atoms in total. The van der Waals surface area contributed by atoms with E-state index in [9.17, 15) is 25.0 Å². The number of nitrogens with zero attached hydrogens (tertiary/aromatic N) is 3. The van der Waals surface area contributed by atoms with Crippen molar-refractivity contribution in [3.63, 3.8) is 0 Å². The summed E-state index contributed by atoms with van der Waals surface area (Å²) in [6.07, 6.45) is -0.486. The highest BCUT2D eigenvalue weighted by Crippen LogP contribution is 2.40. The van der Waals surface area contributed by atoms with Crippen LogP contribution >= 0.6 is 11.6 Å². The Morgan fingerprint density at radius 1 is 1.17 bits per heavy atom. The van der Waals surface area contributed by atoms with Crippen molar-refractivity contribution in [2.24, 2.45) is 0 Å². The second kappa shape index (κ2) is 6.47. The van der Waals surface area contributed by atoms with Gasteiger partial charge in [0.15, 0.2) is 5.69 Å². The summed E-state index contributed by atoms with van der Waals surface area (Å²) in [5.41, 5.74) is -1.47. The maximum absolute atomic E-state index is 11.3. The lowest BCUT2D eigenvalue weighted by Gasteiger charge is -2.36. The number of anilines is 1. The Labute approximate surface area is 136 Å². The van der Waals surface area contributed by atoms with Crippen LogP contribution in [-0.2, 0) is 4.74 Å². The molecule has 1 aromatic carbocycles. The maximum atomic E-state index is 11.3. The third kappa shape index (κ3) is 3.57. The van der Waals surface area contributed by atoms with E-state index in [0.717, 1.165) is 12.1 Å². The van der Waals surface area contributed by atoms with Gasteiger partial charge in [-0.05, 0) is 25.4 Å². The second-order valence-corrected chi connectivity index (χ2v) is 5.66. The van der Waals surface area contributed by atoms with Crippen LogP contribution in [0.2, 0.25) is 0 Å². The van der Waals surface area contributed by atoms with E-state index in [0.29, 0.717) is 0 Å². The average molecular weight is 344 g/mol. The minimum Gasteiger partial charge on any atom is -0.372 e. The SMILES string of the molecule is CC1CN(c2c([N+](=O)[O-])cc(C(=O)Cl)cc2[N+](=O)[O-])CC(C)O1. The molecule has 124 valence electrons. The lowest BCUT2D eigenvalue weighted by Crippen LogP contribution is -2.46. The number of hydrogen-bond acceptors (Lipinski definition) is 7. The first-order valence-corrected chi connectivity index (χ1v) is 7.15. The van der Waals surface area contributed by atoms with Gasteiger partial charge in [0.05, 0.1) is 22.1 Å². The predicted octanol–water partition coefficient (Wildman–Crippen LogP) is 2.50. The highest BCUT2D eigenvalue weighted by molar-refractivity contribution is 6.67. The molecule has 0 saturated carbocycles. The number of halogens is 1. The van der Waals surface area contributed by atoms with Crippen molar-refractivity contribution in [2.75, 3.05) is 18.0 Å². The molecule has 1 saturated heterocycles. The van der Waals surface area contributed by atoms with E-state index in [-0.39, 0.29) is 36.5 Å². The molecule has 2 atom stereocenters. The first-order valence-electron chi connectivity index (χ1n) is 6.77. The maximum Gasteiger partial charge on any atom is 0.300 e. The monoisotopic (exact) mass is 343 g/mol. The molecule has 1 aliphatic rings. The third-order valence-corrected chi connectivity index (χ3v) is 3.64. The number of carbonyl (C=O) groups is 1. The molecule has 0 amide bonds. The fourth-order valence-electron chi connectivity index (χ4n) is 2.68. The highest BCUT2D eigenvalue weighted by Gasteiger charge is 2.35. The molecule has 1 aromatic rings. The summed E-state index contributed by atoms with van der Waals surface area (Å²) >= 11 is 5.32. The minimum absolute atomic E-state index is 0.135. The fourth-order valence-corrected chi connectivity index (χ4v) is 2.79. The Kier molecular flexibility index (Phi) is 4.81. The lowest BCUT2D eigenvalue weighted by molar-refractivity contribution is -0.392. The fraction of sp³-hybridized carbons (Fsp3) is 0.462. The summed E-state index contributed by atoms with van der Waals surface area (Å²) in [6.45, 7) is 4.08. The number of benzene rings is 1. The second-order valence-electron chi connectivity index (χ2n) is 5.31. The molecule has 0 radical (unpaired) electrons. The van der Waals surface area contributed by atoms with Crippen LogP contribution in [0, 0.1) is 20.2 Å². The molecule has 1 heterocycles. The first-order chi connectivity index (χ1) is 10.7. The summed E-state index contributed by atoms with van der Waals surface area (Å²) in [4.78, 5) is 34.0. The van der Waals surface area contributed by atoms with Crippen LogP contribution in [0.1, 0.15) is 24.2 Å². The molecule has 23 heavy (non-hydrogen) atoms. The van der Waals surface area contributed by atoms with Gasteiger partial charge in [-0.15, -0.1) is 0 Å². The predicted molar refractivity (Wildman–Crippen MR) is 82.2 cm³/mol. The molecule has 2 rings (SSSR count). The standard InChI is InChI=1S/C13H14ClN3O6/c1-7-5-15(6-8(2)23-7)12-10(16(19)20)3-9(13(14)18)4-11(12)17(21)22/h3-4,7-8H,5-6H2,1-2H3. The first kappa shape index (κ1) is 17.1. The van der Waals surface area contributed by atoms with E-state index in [4.69, 9.17) is 16.3 Å². The van der Waals surface area contributed by atoms with Crippen LogP contribution in [0.5, 0.6) is 0 Å². The molecule has 0 aliphatic carbocycles. The van der Waals surface area contributed by atoms with Gasteiger partial charge in [0.25, 0.3) is 16.6 Å². The van der Waals surface area contributed by atoms with Gasteiger partial charge >= 0.3 is 0 Å². The largest absolute Gasteiger partial charge is 0.372 e. The number of hydrogen-bond donors (Lipinski definition) is 0. The summed E-state index contributed by atoms with van der Waals surface area (Å²) < 4.78 is 5.54. The van der Waals surface area contributed by atoms with Gasteiger partial charge < -0.3 is 9.64 Å². The quantitative estimate of drug-likeness (QED) is 0.468. The van der Waals surface area contributed by atoms with Crippen molar-refractivity contribution in [3.05, 3.63) is 37.9 Å². The molecule has 0 spiro atoms. The number of rotatable bonds is 4. The Morgan fingerprint density at radius 2 is 1.61 bits per heavy atom. The molecular weight excluding hydrogens is 330 g/mol. The van der Waals surface area contributed by atoms with Crippen molar-refractivity contribution in [1.29, 1.82) is 0 Å². The van der Waals surface area contributed by atoms with Gasteiger partial charge in [0, 0.05) is 30.8 Å². The molecule has 0 bridgehead atoms. The Hall–Kier alpha value is -2.26. The number of nitro groups is 2. The highest BCUT2D eigenvalue weighted by atomic mass is 35.5. The van der Waals surface area contributed by atoms with E-state index in [1.807, 2.05) is 0 Å². The number of morpholine rings is 1. The van der Waals surface area contributed by atoms with Gasteiger partial charge in [-0.2, -0.15) is 0 Å². The zero-order valence-corrected chi connectivity index (χ0v) is 13.1. The summed E-state index contributed by atoms with van der Waals surface area (Å²) in [5, 5.41) is 21.7. The molecular formula is C13H14ClN3O6. The molecule has 10 heteroatoms. The third-order valence-electron chi connectivity index (χ3n) is 3.43. The van der Waals surface area contributed by atoms with E-state index >= 15 is 0 Å². The van der Waals surface area contributed by atoms with Crippen LogP contribution in [-0.4, -0.2) is 40.4 Å². The van der Waals surface area contributed by atoms with Crippen molar-refractivity contribution in [1.82, 2.24) is 0 Å². The van der Waals surface area contributed by atoms with Gasteiger partial charge in [-0.3, -0.25) is 25.0 Å². The molecule has 2 unspecified atom stereocenters. The van der Waals surface area contributed by atoms with Gasteiger partial charge in [0.2, 0.25) is 0 Å². The topological polar surface area (TPSA) is 116 Å². The van der Waals surface area contributed by atoms with Crippen LogP contribution in [0.25, 0.3) is 0 Å². The van der Waals surface area contributed by atoms with Crippen LogP contribution in [0.4, 0.5) is 17.1 Å². The summed E-state index contributed by atoms with van der Waals surface area (Å²) in [5.74, 6) is 0. The number of nitro benzene ring substituents is 2. The van der Waals surface area contributed by atoms with Gasteiger partial charge in [-0.1, -0.05) is 0 Å². The zero-order valence-electron chi connectivity index (χ0n) is 12.4. The Bertz CT molecular complexity index is 635. The van der Waals surface area contributed by atoms with Crippen molar-refractivity contribution >= 4 is 33.9 Å². The molecule has 1 aliphatic heterocycles. The lowest BCUT2D eigenvalue weighted by atomic mass is 10.1. The van der Waals surface area contributed by atoms with E-state index < -0.39 is 26.5 Å². The Morgan fingerprint density at radius 3 is 1.96 bits per heavy atom. The summed E-state index contributed by atoms with van der Waals surface area (Å²) in [7, 11) is 0. The van der Waals surface area contributed by atoms with E-state index in [1.165, 1.54) is 4.90 Å². The van der Waals surface area contributed by atoms with E-state index in [2.05, 4.69) is 0 Å². The number of carbonyl (C=O) groups excluding carboxylic acids is 1. The molecule has 0 aromatic heterocycles. The minimum atomic E-state index is -0.994. The van der Waals surface area contributed by atoms with Gasteiger partial charge in [0.1, 0.15) is 0 Å². The van der Waals surface area contributed by atoms with Gasteiger partial charge in [-0.25, -0.2) is 0 Å². The summed E-state index contributed by atoms with van der Waals surface area (Å²) in [6, 6.07) is 1.92. The average Bonchev–Trinajstić information content (AvgIpc) is 2.44. The van der Waals surface area contributed by atoms with Crippen LogP contribution in [0.3, 0.4) is 0 Å². The smallest absolute Gasteiger partial charge is 0.300 e. The van der Waals surface area contributed by atoms with Crippen molar-refractivity contribution in [2.45, 2.75) is 26.1 Å². The molecule has 1 fully saturated rings. The van der Waals surface area contributed by atoms with Crippen LogP contribution < -0.4 is 4.90 Å². The van der Waals surface area contributed by atoms with Crippen LogP contribution in [0.15, 0.2) is 12.1 Å². The number of ether oxygens (including phenoxy) is 1. The molecule has 0 N–H and O–H groups in total. The zero-order chi connectivity index (χ0) is 17.3. The van der Waals surface area contributed by atoms with E-state index in [1.54, 1.807) is 13.8 Å².